The lowest BCUT2D eigenvalue weighted by Gasteiger charge is -2.20. The van der Waals surface area contributed by atoms with Crippen LogP contribution in [0.5, 0.6) is 0 Å². The fourth-order valence-electron chi connectivity index (χ4n) is 2.38. The molecule has 1 aromatic carbocycles. The Labute approximate surface area is 130 Å². The highest BCUT2D eigenvalue weighted by atomic mass is 79.9. The molecule has 3 heteroatoms. The summed E-state index contributed by atoms with van der Waals surface area (Å²) in [6.07, 6.45) is 4.20. The average Bonchev–Trinajstić information content (AvgIpc) is 2.41. The number of benzene rings is 1. The zero-order chi connectivity index (χ0) is 14.5. The van der Waals surface area contributed by atoms with Crippen LogP contribution in [-0.2, 0) is 13.0 Å². The highest BCUT2D eigenvalue weighted by Crippen LogP contribution is 2.21. The second-order valence-electron chi connectivity index (χ2n) is 5.22. The van der Waals surface area contributed by atoms with Gasteiger partial charge in [0.05, 0.1) is 0 Å². The number of aryl methyl sites for hydroxylation is 2. The third-order valence-electron chi connectivity index (χ3n) is 3.36. The minimum atomic E-state index is 0.877. The van der Waals surface area contributed by atoms with E-state index in [1.807, 2.05) is 6.20 Å². The Kier molecular flexibility index (Phi) is 5.18. The Morgan fingerprint density at radius 1 is 1.15 bits per heavy atom. The van der Waals surface area contributed by atoms with Crippen LogP contribution in [0, 0.1) is 6.92 Å². The van der Waals surface area contributed by atoms with Crippen LogP contribution in [0.3, 0.4) is 0 Å². The molecule has 0 spiro atoms. The molecule has 0 atom stereocenters. The SMILES string of the molecule is CCCc1ccc(CN(C)c2ncc(Br)cc2C)cc1. The summed E-state index contributed by atoms with van der Waals surface area (Å²) >= 11 is 3.45. The molecule has 0 fully saturated rings. The van der Waals surface area contributed by atoms with Gasteiger partial charge in [0.25, 0.3) is 0 Å². The fraction of sp³-hybridized carbons (Fsp3) is 0.353. The quantitative estimate of drug-likeness (QED) is 0.785. The molecule has 0 aliphatic heterocycles. The monoisotopic (exact) mass is 332 g/mol. The number of hydrogen-bond acceptors (Lipinski definition) is 2. The fourth-order valence-corrected chi connectivity index (χ4v) is 2.83. The van der Waals surface area contributed by atoms with Gasteiger partial charge in [-0.05, 0) is 52.0 Å². The van der Waals surface area contributed by atoms with Gasteiger partial charge in [0, 0.05) is 24.3 Å². The lowest BCUT2D eigenvalue weighted by atomic mass is 10.1. The third kappa shape index (κ3) is 3.83. The van der Waals surface area contributed by atoms with E-state index < -0.39 is 0 Å². The van der Waals surface area contributed by atoms with Crippen molar-refractivity contribution in [2.45, 2.75) is 33.2 Å². The van der Waals surface area contributed by atoms with Crippen molar-refractivity contribution in [3.8, 4) is 0 Å². The van der Waals surface area contributed by atoms with Crippen molar-refractivity contribution in [2.24, 2.45) is 0 Å². The van der Waals surface area contributed by atoms with Crippen LogP contribution < -0.4 is 4.90 Å². The summed E-state index contributed by atoms with van der Waals surface area (Å²) in [5.41, 5.74) is 3.91. The molecule has 0 unspecified atom stereocenters. The van der Waals surface area contributed by atoms with Crippen molar-refractivity contribution in [3.05, 3.63) is 57.7 Å². The van der Waals surface area contributed by atoms with Crippen LogP contribution in [-0.4, -0.2) is 12.0 Å². The molecule has 0 N–H and O–H groups in total. The second kappa shape index (κ2) is 6.89. The second-order valence-corrected chi connectivity index (χ2v) is 6.13. The summed E-state index contributed by atoms with van der Waals surface area (Å²) in [7, 11) is 2.09. The predicted molar refractivity (Wildman–Crippen MR) is 89.2 cm³/mol. The molecule has 20 heavy (non-hydrogen) atoms. The summed E-state index contributed by atoms with van der Waals surface area (Å²) in [6, 6.07) is 11.0. The summed E-state index contributed by atoms with van der Waals surface area (Å²) in [5.74, 6) is 1.03. The molecule has 2 nitrogen and oxygen atoms in total. The molecule has 0 aliphatic carbocycles. The van der Waals surface area contributed by atoms with Crippen LogP contribution in [0.4, 0.5) is 5.82 Å². The van der Waals surface area contributed by atoms with Gasteiger partial charge in [0.15, 0.2) is 0 Å². The molecule has 0 bridgehead atoms. The average molecular weight is 333 g/mol. The maximum Gasteiger partial charge on any atom is 0.131 e. The molecule has 0 aliphatic rings. The first-order valence-corrected chi connectivity index (χ1v) is 7.80. The van der Waals surface area contributed by atoms with Crippen LogP contribution in [0.15, 0.2) is 41.0 Å². The van der Waals surface area contributed by atoms with Gasteiger partial charge in [-0.1, -0.05) is 37.6 Å². The molecule has 1 heterocycles. The van der Waals surface area contributed by atoms with E-state index in [4.69, 9.17) is 0 Å². The Morgan fingerprint density at radius 3 is 2.40 bits per heavy atom. The van der Waals surface area contributed by atoms with Crippen LogP contribution in [0.2, 0.25) is 0 Å². The Hall–Kier alpha value is -1.35. The van der Waals surface area contributed by atoms with E-state index in [1.165, 1.54) is 23.1 Å². The first-order valence-electron chi connectivity index (χ1n) is 7.01. The largest absolute Gasteiger partial charge is 0.355 e. The summed E-state index contributed by atoms with van der Waals surface area (Å²) in [4.78, 5) is 6.69. The standard InChI is InChI=1S/C17H21BrN2/c1-4-5-14-6-8-15(9-7-14)12-20(3)17-13(2)10-16(18)11-19-17/h6-11H,4-5,12H2,1-3H3. The highest BCUT2D eigenvalue weighted by molar-refractivity contribution is 9.10. The molecule has 0 saturated heterocycles. The molecule has 0 amide bonds. The minimum Gasteiger partial charge on any atom is -0.355 e. The van der Waals surface area contributed by atoms with E-state index in [-0.39, 0.29) is 0 Å². The summed E-state index contributed by atoms with van der Waals surface area (Å²) in [5, 5.41) is 0. The van der Waals surface area contributed by atoms with Gasteiger partial charge in [0.2, 0.25) is 0 Å². The first kappa shape index (κ1) is 15.0. The van der Waals surface area contributed by atoms with Crippen LogP contribution >= 0.6 is 15.9 Å². The number of nitrogens with zero attached hydrogens (tertiary/aromatic N) is 2. The van der Waals surface area contributed by atoms with Gasteiger partial charge in [-0.25, -0.2) is 4.98 Å². The molecule has 106 valence electrons. The topological polar surface area (TPSA) is 16.1 Å². The van der Waals surface area contributed by atoms with E-state index in [0.29, 0.717) is 0 Å². The number of rotatable bonds is 5. The number of anilines is 1. The Morgan fingerprint density at radius 2 is 1.80 bits per heavy atom. The molecular weight excluding hydrogens is 312 g/mol. The van der Waals surface area contributed by atoms with Gasteiger partial charge in [0.1, 0.15) is 5.82 Å². The van der Waals surface area contributed by atoms with Crippen molar-refractivity contribution < 1.29 is 0 Å². The van der Waals surface area contributed by atoms with Crippen LogP contribution in [0.1, 0.15) is 30.0 Å². The maximum atomic E-state index is 4.50. The van der Waals surface area contributed by atoms with Crippen LogP contribution in [0.25, 0.3) is 0 Å². The van der Waals surface area contributed by atoms with Gasteiger partial charge in [-0.15, -0.1) is 0 Å². The van der Waals surface area contributed by atoms with Crippen molar-refractivity contribution in [3.63, 3.8) is 0 Å². The Bertz CT molecular complexity index is 564. The third-order valence-corrected chi connectivity index (χ3v) is 3.79. The van der Waals surface area contributed by atoms with E-state index in [1.54, 1.807) is 0 Å². The predicted octanol–water partition coefficient (Wildman–Crippen LogP) is 4.74. The molecule has 2 aromatic rings. The highest BCUT2D eigenvalue weighted by Gasteiger charge is 2.07. The molecule has 0 saturated carbocycles. The number of aromatic nitrogens is 1. The summed E-state index contributed by atoms with van der Waals surface area (Å²) < 4.78 is 1.02. The van der Waals surface area contributed by atoms with Gasteiger partial charge >= 0.3 is 0 Å². The van der Waals surface area contributed by atoms with E-state index in [0.717, 1.165) is 23.3 Å². The first-order chi connectivity index (χ1) is 9.60. The van der Waals surface area contributed by atoms with E-state index >= 15 is 0 Å². The van der Waals surface area contributed by atoms with Crippen molar-refractivity contribution in [1.29, 1.82) is 0 Å². The molecule has 1 aromatic heterocycles. The molecule has 2 rings (SSSR count). The zero-order valence-corrected chi connectivity index (χ0v) is 13.9. The zero-order valence-electron chi connectivity index (χ0n) is 12.4. The van der Waals surface area contributed by atoms with E-state index in [2.05, 4.69) is 77.0 Å². The Balaban J connectivity index is 2.08. The van der Waals surface area contributed by atoms with E-state index in [9.17, 15) is 0 Å². The van der Waals surface area contributed by atoms with Gasteiger partial charge < -0.3 is 4.90 Å². The number of pyridine rings is 1. The molecular formula is C17H21BrN2. The van der Waals surface area contributed by atoms with Gasteiger partial charge in [-0.2, -0.15) is 0 Å². The normalized spacial score (nSPS) is 10.6. The smallest absolute Gasteiger partial charge is 0.131 e. The lowest BCUT2D eigenvalue weighted by Crippen LogP contribution is -2.18. The maximum absolute atomic E-state index is 4.50. The van der Waals surface area contributed by atoms with Crippen molar-refractivity contribution in [1.82, 2.24) is 4.98 Å². The van der Waals surface area contributed by atoms with Crippen molar-refractivity contribution >= 4 is 21.7 Å². The summed E-state index contributed by atoms with van der Waals surface area (Å²) in [6.45, 7) is 5.18. The molecule has 0 radical (unpaired) electrons. The lowest BCUT2D eigenvalue weighted by molar-refractivity contribution is 0.883. The van der Waals surface area contributed by atoms with Crippen molar-refractivity contribution in [2.75, 3.05) is 11.9 Å². The number of halogens is 1. The number of hydrogen-bond donors (Lipinski definition) is 0. The minimum absolute atomic E-state index is 0.877. The van der Waals surface area contributed by atoms with Gasteiger partial charge in [-0.3, -0.25) is 0 Å².